The van der Waals surface area contributed by atoms with Gasteiger partial charge in [0.1, 0.15) is 5.92 Å². The fourth-order valence-corrected chi connectivity index (χ4v) is 5.14. The van der Waals surface area contributed by atoms with Crippen molar-refractivity contribution < 1.29 is 9.53 Å². The first-order valence-corrected chi connectivity index (χ1v) is 13.7. The van der Waals surface area contributed by atoms with Crippen molar-refractivity contribution in [3.8, 4) is 11.1 Å². The van der Waals surface area contributed by atoms with E-state index >= 15 is 0 Å². The largest absolute Gasteiger partial charge is 0.465 e. The van der Waals surface area contributed by atoms with Crippen molar-refractivity contribution in [3.63, 3.8) is 0 Å². The summed E-state index contributed by atoms with van der Waals surface area (Å²) in [7, 11) is 0. The van der Waals surface area contributed by atoms with Gasteiger partial charge in [0, 0.05) is 0 Å². The third-order valence-corrected chi connectivity index (χ3v) is 7.06. The SMILES string of the molecule is CCCCCCCCCCCCCCCCCOC(=O)C1c2ccccc2-c2ccccc21. The van der Waals surface area contributed by atoms with Gasteiger partial charge in [-0.2, -0.15) is 0 Å². The minimum atomic E-state index is -0.270. The average Bonchev–Trinajstić information content (AvgIpc) is 3.18. The molecular weight excluding hydrogens is 404 g/mol. The molecule has 1 aliphatic carbocycles. The normalized spacial score (nSPS) is 12.5. The molecule has 0 aliphatic heterocycles. The van der Waals surface area contributed by atoms with E-state index in [1.165, 1.54) is 94.6 Å². The van der Waals surface area contributed by atoms with Crippen LogP contribution in [0, 0.1) is 0 Å². The molecule has 2 aromatic carbocycles. The second-order valence-electron chi connectivity index (χ2n) is 9.72. The second kappa shape index (κ2) is 14.9. The van der Waals surface area contributed by atoms with Crippen LogP contribution in [0.1, 0.15) is 120 Å². The number of rotatable bonds is 17. The maximum atomic E-state index is 12.9. The summed E-state index contributed by atoms with van der Waals surface area (Å²) in [5, 5.41) is 0. The Morgan fingerprint density at radius 3 is 1.45 bits per heavy atom. The monoisotopic (exact) mass is 448 g/mol. The molecule has 0 aromatic heterocycles. The molecule has 0 fully saturated rings. The summed E-state index contributed by atoms with van der Waals surface area (Å²) >= 11 is 0. The summed E-state index contributed by atoms with van der Waals surface area (Å²) in [6, 6.07) is 16.5. The van der Waals surface area contributed by atoms with E-state index < -0.39 is 0 Å². The van der Waals surface area contributed by atoms with Gasteiger partial charge >= 0.3 is 5.97 Å². The van der Waals surface area contributed by atoms with Gasteiger partial charge in [0.2, 0.25) is 0 Å². The van der Waals surface area contributed by atoms with Gasteiger partial charge in [-0.15, -0.1) is 0 Å². The molecule has 0 N–H and O–H groups in total. The smallest absolute Gasteiger partial charge is 0.317 e. The molecule has 1 aliphatic rings. The molecule has 0 saturated carbocycles. The molecule has 180 valence electrons. The molecular formula is C31H44O2. The Balaban J connectivity index is 1.20. The number of hydrogen-bond donors (Lipinski definition) is 0. The number of unbranched alkanes of at least 4 members (excludes halogenated alkanes) is 14. The topological polar surface area (TPSA) is 26.3 Å². The Labute approximate surface area is 202 Å². The van der Waals surface area contributed by atoms with E-state index in [1.54, 1.807) is 0 Å². The van der Waals surface area contributed by atoms with Crippen LogP contribution in [-0.2, 0) is 9.53 Å². The highest BCUT2D eigenvalue weighted by atomic mass is 16.5. The van der Waals surface area contributed by atoms with Crippen LogP contribution in [0.5, 0.6) is 0 Å². The molecule has 0 amide bonds. The summed E-state index contributed by atoms with van der Waals surface area (Å²) in [5.41, 5.74) is 4.50. The number of carbonyl (C=O) groups is 1. The van der Waals surface area contributed by atoms with Gasteiger partial charge in [-0.1, -0.05) is 145 Å². The first-order chi connectivity index (χ1) is 16.3. The Morgan fingerprint density at radius 2 is 1.00 bits per heavy atom. The molecule has 0 radical (unpaired) electrons. The summed E-state index contributed by atoms with van der Waals surface area (Å²) < 4.78 is 5.71. The Hall–Kier alpha value is -2.09. The number of ether oxygens (including phenoxy) is 1. The number of hydrogen-bond acceptors (Lipinski definition) is 2. The minimum Gasteiger partial charge on any atom is -0.465 e. The predicted molar refractivity (Wildman–Crippen MR) is 140 cm³/mol. The molecule has 0 spiro atoms. The molecule has 2 aromatic rings. The number of esters is 1. The van der Waals surface area contributed by atoms with E-state index in [-0.39, 0.29) is 11.9 Å². The Kier molecular flexibility index (Phi) is 11.6. The van der Waals surface area contributed by atoms with Crippen molar-refractivity contribution >= 4 is 5.97 Å². The molecule has 3 rings (SSSR count). The van der Waals surface area contributed by atoms with Crippen LogP contribution in [0.15, 0.2) is 48.5 Å². The summed E-state index contributed by atoms with van der Waals surface area (Å²) in [6.07, 6.45) is 20.1. The highest BCUT2D eigenvalue weighted by Crippen LogP contribution is 2.45. The van der Waals surface area contributed by atoms with Gasteiger partial charge in [0.15, 0.2) is 0 Å². The fraction of sp³-hybridized carbons (Fsp3) is 0.581. The predicted octanol–water partition coefficient (Wildman–Crippen LogP) is 9.21. The maximum Gasteiger partial charge on any atom is 0.317 e. The van der Waals surface area contributed by atoms with Gasteiger partial charge < -0.3 is 4.74 Å². The van der Waals surface area contributed by atoms with Crippen molar-refractivity contribution in [3.05, 3.63) is 59.7 Å². The number of fused-ring (bicyclic) bond motifs is 3. The Morgan fingerprint density at radius 1 is 0.606 bits per heavy atom. The van der Waals surface area contributed by atoms with Crippen molar-refractivity contribution in [2.24, 2.45) is 0 Å². The third-order valence-electron chi connectivity index (χ3n) is 7.06. The highest BCUT2D eigenvalue weighted by Gasteiger charge is 2.34. The number of carbonyl (C=O) groups excluding carboxylic acids is 1. The lowest BCUT2D eigenvalue weighted by Crippen LogP contribution is -2.16. The third kappa shape index (κ3) is 8.02. The van der Waals surface area contributed by atoms with Gasteiger partial charge in [0.25, 0.3) is 0 Å². The molecule has 0 bridgehead atoms. The molecule has 2 heteroatoms. The van der Waals surface area contributed by atoms with Crippen molar-refractivity contribution in [1.82, 2.24) is 0 Å². The minimum absolute atomic E-state index is 0.0993. The average molecular weight is 449 g/mol. The van der Waals surface area contributed by atoms with E-state index in [1.807, 2.05) is 24.3 Å². The Bertz CT molecular complexity index is 780. The quantitative estimate of drug-likeness (QED) is 0.178. The van der Waals surface area contributed by atoms with E-state index in [0.717, 1.165) is 24.0 Å². The van der Waals surface area contributed by atoms with Crippen LogP contribution in [0.2, 0.25) is 0 Å². The molecule has 33 heavy (non-hydrogen) atoms. The van der Waals surface area contributed by atoms with Crippen molar-refractivity contribution in [2.45, 2.75) is 109 Å². The summed E-state index contributed by atoms with van der Waals surface area (Å²) in [5.74, 6) is -0.369. The molecule has 0 unspecified atom stereocenters. The van der Waals surface area contributed by atoms with E-state index in [0.29, 0.717) is 6.61 Å². The van der Waals surface area contributed by atoms with Crippen molar-refractivity contribution in [1.29, 1.82) is 0 Å². The van der Waals surface area contributed by atoms with E-state index in [2.05, 4.69) is 31.2 Å². The van der Waals surface area contributed by atoms with Crippen LogP contribution in [0.4, 0.5) is 0 Å². The van der Waals surface area contributed by atoms with Crippen LogP contribution in [0.3, 0.4) is 0 Å². The standard InChI is InChI=1S/C31H44O2/c1-2-3-4-5-6-7-8-9-10-11-12-13-14-15-20-25-33-31(32)30-28-23-18-16-21-26(28)27-22-17-19-24-29(27)30/h16-19,21-24,30H,2-15,20,25H2,1H3. The van der Waals surface area contributed by atoms with Gasteiger partial charge in [-0.05, 0) is 28.7 Å². The van der Waals surface area contributed by atoms with E-state index in [9.17, 15) is 4.79 Å². The first kappa shape index (κ1) is 25.5. The van der Waals surface area contributed by atoms with Crippen LogP contribution >= 0.6 is 0 Å². The zero-order chi connectivity index (χ0) is 23.1. The fourth-order valence-electron chi connectivity index (χ4n) is 5.14. The lowest BCUT2D eigenvalue weighted by atomic mass is 9.97. The van der Waals surface area contributed by atoms with E-state index in [4.69, 9.17) is 4.74 Å². The second-order valence-corrected chi connectivity index (χ2v) is 9.72. The molecule has 2 nitrogen and oxygen atoms in total. The summed E-state index contributed by atoms with van der Waals surface area (Å²) in [6.45, 7) is 2.82. The number of benzene rings is 2. The van der Waals surface area contributed by atoms with Crippen LogP contribution in [0.25, 0.3) is 11.1 Å². The van der Waals surface area contributed by atoms with Gasteiger partial charge in [-0.3, -0.25) is 4.79 Å². The van der Waals surface area contributed by atoms with Crippen molar-refractivity contribution in [2.75, 3.05) is 6.61 Å². The first-order valence-electron chi connectivity index (χ1n) is 13.7. The van der Waals surface area contributed by atoms with Gasteiger partial charge in [0.05, 0.1) is 6.61 Å². The molecule has 0 saturated heterocycles. The lowest BCUT2D eigenvalue weighted by molar-refractivity contribution is -0.144. The summed E-state index contributed by atoms with van der Waals surface area (Å²) in [4.78, 5) is 12.9. The maximum absolute atomic E-state index is 12.9. The zero-order valence-electron chi connectivity index (χ0n) is 20.8. The zero-order valence-corrected chi connectivity index (χ0v) is 20.8. The van der Waals surface area contributed by atoms with Crippen LogP contribution < -0.4 is 0 Å². The van der Waals surface area contributed by atoms with Gasteiger partial charge in [-0.25, -0.2) is 0 Å². The lowest BCUT2D eigenvalue weighted by Gasteiger charge is -2.13. The van der Waals surface area contributed by atoms with Crippen LogP contribution in [-0.4, -0.2) is 12.6 Å². The highest BCUT2D eigenvalue weighted by molar-refractivity contribution is 5.93. The molecule has 0 atom stereocenters. The molecule has 0 heterocycles.